The standard InChI is InChI=1S/C14H18F3NO2/c1-12(2,13(3,4)20)18-11(19)9-7-5-6-8-10(9)14(15,16)17/h5-8,20H,1-4H3,(H,18,19). The van der Waals surface area contributed by atoms with Gasteiger partial charge in [0, 0.05) is 0 Å². The molecule has 0 aliphatic carbocycles. The molecule has 2 N–H and O–H groups in total. The van der Waals surface area contributed by atoms with E-state index in [-0.39, 0.29) is 0 Å². The largest absolute Gasteiger partial charge is 0.417 e. The van der Waals surface area contributed by atoms with Crippen LogP contribution in [-0.4, -0.2) is 22.2 Å². The molecule has 0 spiro atoms. The van der Waals surface area contributed by atoms with Crippen molar-refractivity contribution in [3.63, 3.8) is 0 Å². The van der Waals surface area contributed by atoms with Crippen molar-refractivity contribution < 1.29 is 23.1 Å². The molecule has 6 heteroatoms. The number of rotatable bonds is 3. The summed E-state index contributed by atoms with van der Waals surface area (Å²) < 4.78 is 38.5. The number of aliphatic hydroxyl groups is 1. The van der Waals surface area contributed by atoms with Gasteiger partial charge in [0.1, 0.15) is 0 Å². The van der Waals surface area contributed by atoms with Crippen LogP contribution >= 0.6 is 0 Å². The van der Waals surface area contributed by atoms with Crippen LogP contribution < -0.4 is 5.32 Å². The first kappa shape index (κ1) is 16.5. The zero-order valence-electron chi connectivity index (χ0n) is 11.8. The van der Waals surface area contributed by atoms with Gasteiger partial charge >= 0.3 is 6.18 Å². The van der Waals surface area contributed by atoms with E-state index in [1.807, 2.05) is 0 Å². The highest BCUT2D eigenvalue weighted by Crippen LogP contribution is 2.32. The summed E-state index contributed by atoms with van der Waals surface area (Å²) in [6.07, 6.45) is -4.60. The highest BCUT2D eigenvalue weighted by Gasteiger charge is 2.39. The Morgan fingerprint density at radius 2 is 1.60 bits per heavy atom. The van der Waals surface area contributed by atoms with E-state index in [1.54, 1.807) is 13.8 Å². The molecule has 0 radical (unpaired) electrons. The van der Waals surface area contributed by atoms with E-state index in [4.69, 9.17) is 0 Å². The number of amides is 1. The summed E-state index contributed by atoms with van der Waals surface area (Å²) in [5, 5.41) is 12.4. The van der Waals surface area contributed by atoms with Gasteiger partial charge in [-0.2, -0.15) is 13.2 Å². The number of hydrogen-bond acceptors (Lipinski definition) is 2. The van der Waals surface area contributed by atoms with Crippen molar-refractivity contribution in [3.8, 4) is 0 Å². The third kappa shape index (κ3) is 3.50. The second-order valence-electron chi connectivity index (χ2n) is 5.68. The summed E-state index contributed by atoms with van der Waals surface area (Å²) in [6.45, 7) is 6.04. The minimum Gasteiger partial charge on any atom is -0.388 e. The zero-order valence-corrected chi connectivity index (χ0v) is 11.8. The lowest BCUT2D eigenvalue weighted by Gasteiger charge is -2.38. The van der Waals surface area contributed by atoms with Crippen molar-refractivity contribution >= 4 is 5.91 Å². The number of hydrogen-bond donors (Lipinski definition) is 2. The van der Waals surface area contributed by atoms with E-state index in [0.29, 0.717) is 0 Å². The van der Waals surface area contributed by atoms with Gasteiger partial charge in [-0.25, -0.2) is 0 Å². The molecule has 0 aliphatic rings. The third-order valence-electron chi connectivity index (χ3n) is 3.43. The highest BCUT2D eigenvalue weighted by molar-refractivity contribution is 5.96. The van der Waals surface area contributed by atoms with Crippen molar-refractivity contribution in [2.24, 2.45) is 0 Å². The van der Waals surface area contributed by atoms with E-state index in [2.05, 4.69) is 5.32 Å². The molecular weight excluding hydrogens is 271 g/mol. The number of halogens is 3. The molecule has 0 saturated carbocycles. The summed E-state index contributed by atoms with van der Waals surface area (Å²) in [7, 11) is 0. The van der Waals surface area contributed by atoms with Crippen LogP contribution in [0.25, 0.3) is 0 Å². The van der Waals surface area contributed by atoms with Gasteiger partial charge < -0.3 is 10.4 Å². The van der Waals surface area contributed by atoms with Crippen molar-refractivity contribution in [3.05, 3.63) is 35.4 Å². The van der Waals surface area contributed by atoms with Crippen molar-refractivity contribution in [1.29, 1.82) is 0 Å². The molecule has 0 fully saturated rings. The van der Waals surface area contributed by atoms with E-state index in [0.717, 1.165) is 12.1 Å². The van der Waals surface area contributed by atoms with Crippen LogP contribution in [0.2, 0.25) is 0 Å². The molecule has 0 aromatic heterocycles. The van der Waals surface area contributed by atoms with Crippen LogP contribution in [0.1, 0.15) is 43.6 Å². The Morgan fingerprint density at radius 3 is 2.05 bits per heavy atom. The highest BCUT2D eigenvalue weighted by atomic mass is 19.4. The van der Waals surface area contributed by atoms with Gasteiger partial charge in [-0.3, -0.25) is 4.79 Å². The van der Waals surface area contributed by atoms with Gasteiger partial charge in [0.2, 0.25) is 0 Å². The summed E-state index contributed by atoms with van der Waals surface area (Å²) in [4.78, 5) is 12.1. The zero-order chi connectivity index (χ0) is 15.8. The van der Waals surface area contributed by atoms with E-state index >= 15 is 0 Å². The average Bonchev–Trinajstić information content (AvgIpc) is 2.25. The summed E-state index contributed by atoms with van der Waals surface area (Å²) in [5.74, 6) is -0.870. The van der Waals surface area contributed by atoms with Gasteiger partial charge in [-0.15, -0.1) is 0 Å². The van der Waals surface area contributed by atoms with Gasteiger partial charge in [-0.05, 0) is 39.8 Å². The Morgan fingerprint density at radius 1 is 1.10 bits per heavy atom. The maximum atomic E-state index is 12.8. The molecule has 112 valence electrons. The predicted molar refractivity (Wildman–Crippen MR) is 69.3 cm³/mol. The molecule has 20 heavy (non-hydrogen) atoms. The fourth-order valence-corrected chi connectivity index (χ4v) is 1.43. The third-order valence-corrected chi connectivity index (χ3v) is 3.43. The Balaban J connectivity index is 3.12. The van der Waals surface area contributed by atoms with Crippen LogP contribution in [-0.2, 0) is 6.18 Å². The Bertz CT molecular complexity index is 502. The first-order valence-corrected chi connectivity index (χ1v) is 6.07. The van der Waals surface area contributed by atoms with Crippen molar-refractivity contribution in [2.45, 2.75) is 45.0 Å². The molecule has 0 atom stereocenters. The number of carbonyl (C=O) groups excluding carboxylic acids is 1. The SMILES string of the molecule is CC(C)(O)C(C)(C)NC(=O)c1ccccc1C(F)(F)F. The van der Waals surface area contributed by atoms with E-state index in [1.165, 1.54) is 26.0 Å². The first-order chi connectivity index (χ1) is 8.86. The smallest absolute Gasteiger partial charge is 0.388 e. The molecule has 0 unspecified atom stereocenters. The average molecular weight is 289 g/mol. The van der Waals surface area contributed by atoms with Crippen LogP contribution in [0.5, 0.6) is 0 Å². The minimum atomic E-state index is -4.60. The maximum Gasteiger partial charge on any atom is 0.417 e. The van der Waals surface area contributed by atoms with Crippen LogP contribution in [0.15, 0.2) is 24.3 Å². The fourth-order valence-electron chi connectivity index (χ4n) is 1.43. The van der Waals surface area contributed by atoms with Crippen LogP contribution in [0.4, 0.5) is 13.2 Å². The van der Waals surface area contributed by atoms with Crippen molar-refractivity contribution in [1.82, 2.24) is 5.32 Å². The molecular formula is C14H18F3NO2. The molecule has 1 aromatic carbocycles. The number of benzene rings is 1. The van der Waals surface area contributed by atoms with Crippen molar-refractivity contribution in [2.75, 3.05) is 0 Å². The van der Waals surface area contributed by atoms with Gasteiger partial charge in [0.05, 0.1) is 22.3 Å². The monoisotopic (exact) mass is 289 g/mol. The molecule has 1 aromatic rings. The lowest BCUT2D eigenvalue weighted by atomic mass is 9.85. The molecule has 3 nitrogen and oxygen atoms in total. The summed E-state index contributed by atoms with van der Waals surface area (Å²) in [6, 6.07) is 4.55. The van der Waals surface area contributed by atoms with Gasteiger partial charge in [0.25, 0.3) is 5.91 Å². The normalized spacial score (nSPS) is 13.2. The Kier molecular flexibility index (Phi) is 4.20. The minimum absolute atomic E-state index is 0.461. The lowest BCUT2D eigenvalue weighted by Crippen LogP contribution is -2.57. The second-order valence-corrected chi connectivity index (χ2v) is 5.68. The van der Waals surface area contributed by atoms with Crippen LogP contribution in [0.3, 0.4) is 0 Å². The number of nitrogens with one attached hydrogen (secondary N) is 1. The van der Waals surface area contributed by atoms with E-state index < -0.39 is 34.4 Å². The Hall–Kier alpha value is -1.56. The summed E-state index contributed by atoms with van der Waals surface area (Å²) >= 11 is 0. The van der Waals surface area contributed by atoms with Gasteiger partial charge in [-0.1, -0.05) is 12.1 Å². The molecule has 0 saturated heterocycles. The number of carbonyl (C=O) groups is 1. The molecule has 1 amide bonds. The lowest BCUT2D eigenvalue weighted by molar-refractivity contribution is -0.138. The Labute approximate surface area is 115 Å². The quantitative estimate of drug-likeness (QED) is 0.898. The molecule has 0 bridgehead atoms. The fraction of sp³-hybridized carbons (Fsp3) is 0.500. The first-order valence-electron chi connectivity index (χ1n) is 6.07. The van der Waals surface area contributed by atoms with Crippen LogP contribution in [0, 0.1) is 0 Å². The molecule has 0 heterocycles. The molecule has 1 rings (SSSR count). The maximum absolute atomic E-state index is 12.8. The second kappa shape index (κ2) is 5.09. The topological polar surface area (TPSA) is 49.3 Å². The summed E-state index contributed by atoms with van der Waals surface area (Å²) in [5.41, 5.74) is -3.82. The predicted octanol–water partition coefficient (Wildman–Crippen LogP) is 2.98. The van der Waals surface area contributed by atoms with E-state index in [9.17, 15) is 23.1 Å². The number of alkyl halides is 3. The van der Waals surface area contributed by atoms with Gasteiger partial charge in [0.15, 0.2) is 0 Å². The molecule has 0 aliphatic heterocycles.